The standard InChI is InChI=1S/C25H30N6O4/c1-18-23(35-15-19-12-22(34-14-19)13-31-17-26-16-27-31)6-7-24(28-18)30-10-8-29(9-11-30)21-4-2-20(3-5-21)25(32)33/h2-7,16-17,19,22H,8-15H2,1H3,(H,32,33)/t19-,22-/m0/s1. The first kappa shape index (κ1) is 23.1. The number of aromatic carboxylic acids is 1. The van der Waals surface area contributed by atoms with Gasteiger partial charge in [-0.25, -0.2) is 14.8 Å². The van der Waals surface area contributed by atoms with E-state index >= 15 is 0 Å². The summed E-state index contributed by atoms with van der Waals surface area (Å²) in [7, 11) is 0. The first-order chi connectivity index (χ1) is 17.0. The molecule has 2 fully saturated rings. The fourth-order valence-corrected chi connectivity index (χ4v) is 4.64. The zero-order chi connectivity index (χ0) is 24.2. The number of ether oxygens (including phenoxy) is 2. The second-order valence-corrected chi connectivity index (χ2v) is 9.06. The van der Waals surface area contributed by atoms with Crippen molar-refractivity contribution in [2.24, 2.45) is 5.92 Å². The van der Waals surface area contributed by atoms with Crippen LogP contribution in [0, 0.1) is 12.8 Å². The van der Waals surface area contributed by atoms with Crippen LogP contribution >= 0.6 is 0 Å². The topological polar surface area (TPSA) is 106 Å². The predicted molar refractivity (Wildman–Crippen MR) is 130 cm³/mol. The summed E-state index contributed by atoms with van der Waals surface area (Å²) < 4.78 is 13.8. The highest BCUT2D eigenvalue weighted by Crippen LogP contribution is 2.26. The molecule has 2 atom stereocenters. The summed E-state index contributed by atoms with van der Waals surface area (Å²) in [6, 6.07) is 11.1. The molecule has 35 heavy (non-hydrogen) atoms. The van der Waals surface area contributed by atoms with Crippen LogP contribution in [0.15, 0.2) is 49.1 Å². The van der Waals surface area contributed by atoms with Crippen molar-refractivity contribution in [1.29, 1.82) is 0 Å². The molecule has 10 nitrogen and oxygen atoms in total. The summed E-state index contributed by atoms with van der Waals surface area (Å²) in [5.74, 6) is 1.21. The third-order valence-electron chi connectivity index (χ3n) is 6.60. The molecule has 2 aliphatic heterocycles. The van der Waals surface area contributed by atoms with Gasteiger partial charge in [0.05, 0.1) is 37.1 Å². The van der Waals surface area contributed by atoms with Crippen LogP contribution in [0.25, 0.3) is 0 Å². The van der Waals surface area contributed by atoms with Crippen LogP contribution in [-0.2, 0) is 11.3 Å². The molecule has 2 saturated heterocycles. The van der Waals surface area contributed by atoms with E-state index < -0.39 is 5.97 Å². The average Bonchev–Trinajstić information content (AvgIpc) is 3.56. The molecule has 0 spiro atoms. The average molecular weight is 479 g/mol. The number of aromatic nitrogens is 4. The van der Waals surface area contributed by atoms with Gasteiger partial charge in [0.15, 0.2) is 0 Å². The molecule has 0 radical (unpaired) electrons. The van der Waals surface area contributed by atoms with Crippen molar-refractivity contribution < 1.29 is 19.4 Å². The van der Waals surface area contributed by atoms with E-state index in [0.29, 0.717) is 31.2 Å². The van der Waals surface area contributed by atoms with E-state index in [2.05, 4.69) is 19.9 Å². The van der Waals surface area contributed by atoms with Gasteiger partial charge >= 0.3 is 5.97 Å². The van der Waals surface area contributed by atoms with Crippen molar-refractivity contribution in [3.8, 4) is 5.75 Å². The summed E-state index contributed by atoms with van der Waals surface area (Å²) in [5, 5.41) is 13.2. The van der Waals surface area contributed by atoms with Crippen molar-refractivity contribution in [1.82, 2.24) is 19.7 Å². The Balaban J connectivity index is 1.10. The van der Waals surface area contributed by atoms with Crippen molar-refractivity contribution in [2.45, 2.75) is 26.0 Å². The fraction of sp³-hybridized carbons (Fsp3) is 0.440. The summed E-state index contributed by atoms with van der Waals surface area (Å²) >= 11 is 0. The fourth-order valence-electron chi connectivity index (χ4n) is 4.64. The Kier molecular flexibility index (Phi) is 6.80. The molecule has 2 aliphatic rings. The van der Waals surface area contributed by atoms with Crippen molar-refractivity contribution >= 4 is 17.5 Å². The molecule has 0 aliphatic carbocycles. The van der Waals surface area contributed by atoms with Crippen LogP contribution in [0.3, 0.4) is 0 Å². The smallest absolute Gasteiger partial charge is 0.335 e. The molecular formula is C25H30N6O4. The quantitative estimate of drug-likeness (QED) is 0.523. The van der Waals surface area contributed by atoms with E-state index in [1.807, 2.05) is 31.2 Å². The lowest BCUT2D eigenvalue weighted by atomic mass is 10.1. The van der Waals surface area contributed by atoms with Gasteiger partial charge in [-0.3, -0.25) is 4.68 Å². The van der Waals surface area contributed by atoms with E-state index in [0.717, 1.165) is 55.5 Å². The van der Waals surface area contributed by atoms with E-state index in [4.69, 9.17) is 19.6 Å². The Morgan fingerprint density at radius 2 is 1.89 bits per heavy atom. The lowest BCUT2D eigenvalue weighted by Gasteiger charge is -2.37. The minimum atomic E-state index is -0.904. The summed E-state index contributed by atoms with van der Waals surface area (Å²) in [6.45, 7) is 7.39. The second kappa shape index (κ2) is 10.3. The number of hydrogen-bond donors (Lipinski definition) is 1. The lowest BCUT2D eigenvalue weighted by Crippen LogP contribution is -2.46. The van der Waals surface area contributed by atoms with Gasteiger partial charge in [0.1, 0.15) is 24.2 Å². The van der Waals surface area contributed by atoms with Gasteiger partial charge < -0.3 is 24.4 Å². The maximum atomic E-state index is 11.1. The van der Waals surface area contributed by atoms with Crippen LogP contribution in [0.4, 0.5) is 11.5 Å². The first-order valence-electron chi connectivity index (χ1n) is 11.9. The number of piperazine rings is 1. The summed E-state index contributed by atoms with van der Waals surface area (Å²) in [4.78, 5) is 24.4. The predicted octanol–water partition coefficient (Wildman–Crippen LogP) is 2.49. The van der Waals surface area contributed by atoms with Crippen LogP contribution in [0.2, 0.25) is 0 Å². The van der Waals surface area contributed by atoms with Crippen molar-refractivity contribution in [3.63, 3.8) is 0 Å². The molecule has 1 aromatic carbocycles. The molecule has 0 unspecified atom stereocenters. The van der Waals surface area contributed by atoms with Crippen molar-refractivity contribution in [2.75, 3.05) is 49.2 Å². The van der Waals surface area contributed by atoms with Gasteiger partial charge in [0, 0.05) is 37.8 Å². The lowest BCUT2D eigenvalue weighted by molar-refractivity contribution is 0.0697. The van der Waals surface area contributed by atoms with Gasteiger partial charge in [-0.2, -0.15) is 5.10 Å². The van der Waals surface area contributed by atoms with E-state index in [9.17, 15) is 4.79 Å². The van der Waals surface area contributed by atoms with Crippen LogP contribution in [0.5, 0.6) is 5.75 Å². The molecule has 184 valence electrons. The molecule has 2 aromatic heterocycles. The molecule has 0 bridgehead atoms. The largest absolute Gasteiger partial charge is 0.491 e. The minimum absolute atomic E-state index is 0.140. The molecule has 5 rings (SSSR count). The monoisotopic (exact) mass is 478 g/mol. The van der Waals surface area contributed by atoms with Gasteiger partial charge in [-0.05, 0) is 49.7 Å². The summed E-state index contributed by atoms with van der Waals surface area (Å²) in [6.07, 6.45) is 4.33. The Bertz CT molecular complexity index is 1130. The number of carbonyl (C=O) groups is 1. The van der Waals surface area contributed by atoms with Gasteiger partial charge in [0.2, 0.25) is 0 Å². The maximum absolute atomic E-state index is 11.1. The van der Waals surface area contributed by atoms with E-state index in [-0.39, 0.29) is 6.10 Å². The molecule has 1 N–H and O–H groups in total. The van der Waals surface area contributed by atoms with Gasteiger partial charge in [0.25, 0.3) is 0 Å². The maximum Gasteiger partial charge on any atom is 0.335 e. The highest BCUT2D eigenvalue weighted by molar-refractivity contribution is 5.88. The van der Waals surface area contributed by atoms with Crippen molar-refractivity contribution in [3.05, 3.63) is 60.3 Å². The number of anilines is 2. The highest BCUT2D eigenvalue weighted by atomic mass is 16.5. The van der Waals surface area contributed by atoms with E-state index in [1.54, 1.807) is 23.1 Å². The number of aryl methyl sites for hydroxylation is 1. The zero-order valence-corrected chi connectivity index (χ0v) is 19.8. The number of pyridine rings is 1. The number of nitrogens with zero attached hydrogens (tertiary/aromatic N) is 6. The summed E-state index contributed by atoms with van der Waals surface area (Å²) in [5.41, 5.74) is 2.23. The van der Waals surface area contributed by atoms with Gasteiger partial charge in [-0.1, -0.05) is 0 Å². The number of benzene rings is 1. The first-order valence-corrected chi connectivity index (χ1v) is 11.9. The molecule has 4 heterocycles. The number of hydrogen-bond acceptors (Lipinski definition) is 8. The second-order valence-electron chi connectivity index (χ2n) is 9.06. The zero-order valence-electron chi connectivity index (χ0n) is 19.8. The Morgan fingerprint density at radius 3 is 2.57 bits per heavy atom. The third-order valence-corrected chi connectivity index (χ3v) is 6.60. The SMILES string of the molecule is Cc1nc(N2CCN(c3ccc(C(=O)O)cc3)CC2)ccc1OC[C@@H]1CO[C@H](Cn2cncn2)C1. The Hall–Kier alpha value is -3.66. The molecule has 0 amide bonds. The normalized spacial score (nSPS) is 20.3. The van der Waals surface area contributed by atoms with E-state index in [1.165, 1.54) is 6.33 Å². The van der Waals surface area contributed by atoms with Crippen LogP contribution in [0.1, 0.15) is 22.5 Å². The number of rotatable bonds is 8. The Labute approximate surface area is 204 Å². The van der Waals surface area contributed by atoms with Gasteiger partial charge in [-0.15, -0.1) is 0 Å². The highest BCUT2D eigenvalue weighted by Gasteiger charge is 2.27. The molecular weight excluding hydrogens is 448 g/mol. The number of carboxylic acids is 1. The van der Waals surface area contributed by atoms with Crippen LogP contribution < -0.4 is 14.5 Å². The number of carboxylic acid groups (broad SMARTS) is 1. The third kappa shape index (κ3) is 5.54. The molecule has 3 aromatic rings. The van der Waals surface area contributed by atoms with Crippen LogP contribution in [-0.4, -0.2) is 76.3 Å². The molecule has 0 saturated carbocycles. The molecule has 10 heteroatoms. The Morgan fingerprint density at radius 1 is 1.11 bits per heavy atom. The minimum Gasteiger partial charge on any atom is -0.491 e.